The highest BCUT2D eigenvalue weighted by Gasteiger charge is 2.23. The maximum Gasteiger partial charge on any atom is 0.326 e. The van der Waals surface area contributed by atoms with Crippen molar-refractivity contribution in [1.29, 1.82) is 0 Å². The molecule has 0 aliphatic carbocycles. The molecule has 0 radical (unpaired) electrons. The third-order valence-electron chi connectivity index (χ3n) is 5.36. The van der Waals surface area contributed by atoms with Crippen molar-refractivity contribution in [2.24, 2.45) is 0 Å². The number of hydrogen-bond acceptors (Lipinski definition) is 3. The van der Waals surface area contributed by atoms with Gasteiger partial charge in [-0.2, -0.15) is 0 Å². The first-order chi connectivity index (χ1) is 15.8. The molecule has 166 valence electrons. The number of amides is 1. The molecule has 4 rings (SSSR count). The highest BCUT2D eigenvalue weighted by atomic mass is 35.5. The predicted octanol–water partition coefficient (Wildman–Crippen LogP) is 5.43. The van der Waals surface area contributed by atoms with E-state index in [1.54, 1.807) is 42.5 Å². The monoisotopic (exact) mass is 463 g/mol. The van der Waals surface area contributed by atoms with Crippen molar-refractivity contribution >= 4 is 34.2 Å². The summed E-state index contributed by atoms with van der Waals surface area (Å²) in [5.41, 5.74) is 2.20. The Morgan fingerprint density at radius 1 is 0.909 bits per heavy atom. The number of halogens is 2. The van der Waals surface area contributed by atoms with Crippen LogP contribution >= 0.6 is 11.6 Å². The maximum atomic E-state index is 13.4. The van der Waals surface area contributed by atoms with Crippen molar-refractivity contribution in [1.82, 2.24) is 5.32 Å². The van der Waals surface area contributed by atoms with E-state index in [1.165, 1.54) is 24.3 Å². The van der Waals surface area contributed by atoms with Gasteiger partial charge in [0.2, 0.25) is 0 Å². The summed E-state index contributed by atoms with van der Waals surface area (Å²) in [6.45, 7) is 0. The molecule has 0 heterocycles. The Morgan fingerprint density at radius 3 is 2.18 bits per heavy atom. The molecular weight excluding hydrogens is 445 g/mol. The molecule has 0 fully saturated rings. The second kappa shape index (κ2) is 9.30. The highest BCUT2D eigenvalue weighted by molar-refractivity contribution is 6.31. The molecule has 1 amide bonds. The van der Waals surface area contributed by atoms with E-state index in [9.17, 15) is 24.2 Å². The summed E-state index contributed by atoms with van der Waals surface area (Å²) in [5.74, 6) is -2.60. The minimum absolute atomic E-state index is 0.00323. The Balaban J connectivity index is 1.51. The number of rotatable bonds is 6. The highest BCUT2D eigenvalue weighted by Crippen LogP contribution is 2.26. The first-order valence-corrected chi connectivity index (χ1v) is 10.5. The number of phenolic OH excluding ortho intramolecular Hbond substituents is 1. The molecule has 4 aromatic carbocycles. The van der Waals surface area contributed by atoms with Gasteiger partial charge in [0.15, 0.2) is 0 Å². The van der Waals surface area contributed by atoms with Crippen LogP contribution in [0.1, 0.15) is 15.9 Å². The second-order valence-electron chi connectivity index (χ2n) is 7.61. The molecule has 0 aliphatic rings. The van der Waals surface area contributed by atoms with E-state index in [1.807, 2.05) is 12.1 Å². The maximum absolute atomic E-state index is 13.4. The molecule has 4 aromatic rings. The second-order valence-corrected chi connectivity index (χ2v) is 8.02. The van der Waals surface area contributed by atoms with Crippen LogP contribution in [0.25, 0.3) is 21.9 Å². The van der Waals surface area contributed by atoms with Crippen LogP contribution in [0.15, 0.2) is 78.9 Å². The minimum atomic E-state index is -1.20. The van der Waals surface area contributed by atoms with Crippen molar-refractivity contribution in [3.05, 3.63) is 101 Å². The van der Waals surface area contributed by atoms with Crippen LogP contribution in [0.2, 0.25) is 5.02 Å². The fourth-order valence-corrected chi connectivity index (χ4v) is 3.77. The van der Waals surface area contributed by atoms with Crippen LogP contribution < -0.4 is 5.32 Å². The normalized spacial score (nSPS) is 11.8. The van der Waals surface area contributed by atoms with Crippen molar-refractivity contribution < 1.29 is 24.2 Å². The van der Waals surface area contributed by atoms with E-state index in [2.05, 4.69) is 5.32 Å². The molecule has 0 aromatic heterocycles. The molecule has 0 spiro atoms. The van der Waals surface area contributed by atoms with Gasteiger partial charge < -0.3 is 15.5 Å². The lowest BCUT2D eigenvalue weighted by Gasteiger charge is -2.16. The lowest BCUT2D eigenvalue weighted by atomic mass is 10.00. The van der Waals surface area contributed by atoms with E-state index in [0.717, 1.165) is 21.9 Å². The van der Waals surface area contributed by atoms with Gasteiger partial charge in [-0.1, -0.05) is 66.2 Å². The van der Waals surface area contributed by atoms with Gasteiger partial charge in [0, 0.05) is 6.42 Å². The molecule has 3 N–H and O–H groups in total. The van der Waals surface area contributed by atoms with Crippen LogP contribution in [0.4, 0.5) is 4.39 Å². The number of aliphatic carboxylic acids is 1. The van der Waals surface area contributed by atoms with E-state index in [0.29, 0.717) is 5.56 Å². The van der Waals surface area contributed by atoms with Crippen molar-refractivity contribution in [3.63, 3.8) is 0 Å². The van der Waals surface area contributed by atoms with Gasteiger partial charge in [0.25, 0.3) is 5.91 Å². The molecule has 0 bridgehead atoms. The van der Waals surface area contributed by atoms with E-state index < -0.39 is 23.7 Å². The van der Waals surface area contributed by atoms with Crippen molar-refractivity contribution in [3.8, 4) is 16.9 Å². The Morgan fingerprint density at radius 2 is 1.55 bits per heavy atom. The number of phenols is 1. The van der Waals surface area contributed by atoms with Crippen LogP contribution in [-0.4, -0.2) is 28.1 Å². The Labute approximate surface area is 194 Å². The van der Waals surface area contributed by atoms with Gasteiger partial charge in [0.05, 0.1) is 10.6 Å². The lowest BCUT2D eigenvalue weighted by molar-refractivity contribution is -0.139. The Bertz CT molecular complexity index is 1350. The third kappa shape index (κ3) is 4.96. The zero-order valence-electron chi connectivity index (χ0n) is 17.3. The summed E-state index contributed by atoms with van der Waals surface area (Å²) < 4.78 is 13.4. The summed E-state index contributed by atoms with van der Waals surface area (Å²) in [5, 5.41) is 23.9. The number of aromatic hydroxyl groups is 1. The largest absolute Gasteiger partial charge is 0.507 e. The van der Waals surface area contributed by atoms with Gasteiger partial charge in [-0.3, -0.25) is 4.79 Å². The molecule has 1 atom stereocenters. The quantitative estimate of drug-likeness (QED) is 0.356. The summed E-state index contributed by atoms with van der Waals surface area (Å²) in [4.78, 5) is 24.5. The fourth-order valence-electron chi connectivity index (χ4n) is 3.59. The van der Waals surface area contributed by atoms with Gasteiger partial charge >= 0.3 is 5.97 Å². The number of benzene rings is 4. The van der Waals surface area contributed by atoms with Gasteiger partial charge in [-0.05, 0) is 51.7 Å². The smallest absolute Gasteiger partial charge is 0.326 e. The number of hydrogen-bond donors (Lipinski definition) is 3. The van der Waals surface area contributed by atoms with Crippen LogP contribution in [-0.2, 0) is 11.2 Å². The van der Waals surface area contributed by atoms with Crippen molar-refractivity contribution in [2.75, 3.05) is 0 Å². The molecule has 1 unspecified atom stereocenters. The molecule has 0 aliphatic heterocycles. The zero-order chi connectivity index (χ0) is 23.5. The van der Waals surface area contributed by atoms with Gasteiger partial charge in [0.1, 0.15) is 17.6 Å². The van der Waals surface area contributed by atoms with E-state index in [-0.39, 0.29) is 22.8 Å². The number of carboxylic acids is 1. The van der Waals surface area contributed by atoms with E-state index >= 15 is 0 Å². The SMILES string of the molecule is O=C(NC(Cc1ccc(-c2ccc(F)c(Cl)c2)cc1)C(=O)O)c1cc2ccccc2cc1O. The first kappa shape index (κ1) is 22.3. The zero-order valence-corrected chi connectivity index (χ0v) is 18.0. The summed E-state index contributed by atoms with van der Waals surface area (Å²) in [6.07, 6.45) is 0.0415. The molecule has 0 saturated carbocycles. The molecule has 0 saturated heterocycles. The van der Waals surface area contributed by atoms with Crippen molar-refractivity contribution in [2.45, 2.75) is 12.5 Å². The molecular formula is C26H19ClFNO4. The third-order valence-corrected chi connectivity index (χ3v) is 5.65. The minimum Gasteiger partial charge on any atom is -0.507 e. The number of carboxylic acid groups (broad SMARTS) is 1. The number of carbonyl (C=O) groups excluding carboxylic acids is 1. The average Bonchev–Trinajstić information content (AvgIpc) is 2.80. The summed E-state index contributed by atoms with van der Waals surface area (Å²) in [7, 11) is 0. The summed E-state index contributed by atoms with van der Waals surface area (Å²) >= 11 is 5.84. The number of nitrogens with one attached hydrogen (secondary N) is 1. The lowest BCUT2D eigenvalue weighted by Crippen LogP contribution is -2.42. The molecule has 33 heavy (non-hydrogen) atoms. The molecule has 5 nitrogen and oxygen atoms in total. The average molecular weight is 464 g/mol. The summed E-state index contributed by atoms with van der Waals surface area (Å²) in [6, 6.07) is 20.5. The standard InChI is InChI=1S/C26H19ClFNO4/c27-21-13-19(9-10-22(21)28)16-7-5-15(6-8-16)11-23(26(32)33)29-25(31)20-12-17-3-1-2-4-18(17)14-24(20)30/h1-10,12-14,23,30H,11H2,(H,29,31)(H,32,33). The predicted molar refractivity (Wildman–Crippen MR) is 125 cm³/mol. The van der Waals surface area contributed by atoms with Crippen LogP contribution in [0.3, 0.4) is 0 Å². The fraction of sp³-hybridized carbons (Fsp3) is 0.0769. The first-order valence-electron chi connectivity index (χ1n) is 10.1. The van der Waals surface area contributed by atoms with Gasteiger partial charge in [-0.25, -0.2) is 9.18 Å². The van der Waals surface area contributed by atoms with Crippen LogP contribution in [0.5, 0.6) is 5.75 Å². The number of carbonyl (C=O) groups is 2. The topological polar surface area (TPSA) is 86.6 Å². The number of fused-ring (bicyclic) bond motifs is 1. The van der Waals surface area contributed by atoms with E-state index in [4.69, 9.17) is 11.6 Å². The Hall–Kier alpha value is -3.90. The van der Waals surface area contributed by atoms with Gasteiger partial charge in [-0.15, -0.1) is 0 Å². The molecule has 7 heteroatoms. The Kier molecular flexibility index (Phi) is 6.29. The van der Waals surface area contributed by atoms with Crippen LogP contribution in [0, 0.1) is 5.82 Å².